The second kappa shape index (κ2) is 12.3. The quantitative estimate of drug-likeness (QED) is 0.176. The van der Waals surface area contributed by atoms with Crippen LogP contribution in [0.15, 0.2) is 85.5 Å². The highest BCUT2D eigenvalue weighted by Crippen LogP contribution is 2.37. The molecule has 1 aliphatic rings. The van der Waals surface area contributed by atoms with E-state index in [4.69, 9.17) is 4.74 Å². The number of halogens is 4. The fourth-order valence-electron chi connectivity index (χ4n) is 4.62. The molecular formula is C31H22F4N6O3S. The second-order valence-corrected chi connectivity index (χ2v) is 10.9. The molecule has 0 aliphatic carbocycles. The number of thiazole rings is 1. The zero-order valence-corrected chi connectivity index (χ0v) is 24.0. The Hall–Kier alpha value is -5.37. The van der Waals surface area contributed by atoms with Crippen molar-refractivity contribution < 1.29 is 31.9 Å². The van der Waals surface area contributed by atoms with Gasteiger partial charge < -0.3 is 15.4 Å². The van der Waals surface area contributed by atoms with Crippen LogP contribution in [0.1, 0.15) is 18.4 Å². The largest absolute Gasteiger partial charge is 0.436 e. The predicted octanol–water partition coefficient (Wildman–Crippen LogP) is 7.99. The number of hydrogen-bond acceptors (Lipinski definition) is 7. The van der Waals surface area contributed by atoms with Crippen molar-refractivity contribution >= 4 is 39.8 Å². The monoisotopic (exact) mass is 634 g/mol. The van der Waals surface area contributed by atoms with Gasteiger partial charge in [-0.2, -0.15) is 13.2 Å². The maximum Gasteiger partial charge on any atom is 0.416 e. The van der Waals surface area contributed by atoms with Crippen LogP contribution in [0.4, 0.5) is 38.9 Å². The third-order valence-electron chi connectivity index (χ3n) is 6.79. The van der Waals surface area contributed by atoms with E-state index in [-0.39, 0.29) is 28.9 Å². The number of anilines is 3. The molecule has 0 saturated carbocycles. The van der Waals surface area contributed by atoms with Crippen molar-refractivity contribution in [3.8, 4) is 33.2 Å². The number of benzene rings is 2. The molecule has 3 amide bonds. The van der Waals surface area contributed by atoms with Gasteiger partial charge in [-0.3, -0.25) is 14.7 Å². The van der Waals surface area contributed by atoms with Gasteiger partial charge in [-0.25, -0.2) is 19.2 Å². The third kappa shape index (κ3) is 6.75. The summed E-state index contributed by atoms with van der Waals surface area (Å²) < 4.78 is 60.6. The highest BCUT2D eigenvalue weighted by molar-refractivity contribution is 7.19. The fourth-order valence-corrected chi connectivity index (χ4v) is 5.58. The molecule has 1 fully saturated rings. The van der Waals surface area contributed by atoms with Gasteiger partial charge in [0.2, 0.25) is 11.8 Å². The summed E-state index contributed by atoms with van der Waals surface area (Å²) in [7, 11) is 0. The van der Waals surface area contributed by atoms with Crippen LogP contribution >= 0.6 is 11.3 Å². The van der Waals surface area contributed by atoms with E-state index in [9.17, 15) is 27.2 Å². The molecule has 0 bridgehead atoms. The molecule has 14 heteroatoms. The lowest BCUT2D eigenvalue weighted by molar-refractivity contribution is -0.137. The SMILES string of the molecule is O=C(Nc1ccc(Oc2ccc(-c3cnc(N4CCCC4=O)s3)cc2F)nc1)Nc1cc(C(F)(F)F)ccc1-c1cccnc1. The normalized spacial score (nSPS) is 13.2. The molecule has 2 N–H and O–H groups in total. The van der Waals surface area contributed by atoms with E-state index in [0.717, 1.165) is 18.6 Å². The second-order valence-electron chi connectivity index (χ2n) is 9.87. The summed E-state index contributed by atoms with van der Waals surface area (Å²) in [6, 6.07) is 12.8. The maximum absolute atomic E-state index is 14.9. The van der Waals surface area contributed by atoms with Crippen LogP contribution in [0.2, 0.25) is 0 Å². The van der Waals surface area contributed by atoms with Crippen LogP contribution in [0, 0.1) is 5.82 Å². The first-order valence-electron chi connectivity index (χ1n) is 13.5. The zero-order chi connectivity index (χ0) is 31.6. The van der Waals surface area contributed by atoms with Crippen molar-refractivity contribution in [3.63, 3.8) is 0 Å². The molecule has 9 nitrogen and oxygen atoms in total. The number of carbonyl (C=O) groups excluding carboxylic acids is 2. The highest BCUT2D eigenvalue weighted by Gasteiger charge is 2.31. The van der Waals surface area contributed by atoms with Crippen LogP contribution in [0.25, 0.3) is 21.6 Å². The Labute approximate surface area is 257 Å². The van der Waals surface area contributed by atoms with E-state index in [0.29, 0.717) is 39.7 Å². The van der Waals surface area contributed by atoms with Crippen LogP contribution in [0.3, 0.4) is 0 Å². The molecule has 1 aliphatic heterocycles. The number of amides is 3. The standard InChI is InChI=1S/C31H22F4N6O3S/c32-23-13-18(26-17-38-30(45-26)41-12-2-4-28(41)42)5-9-25(23)44-27-10-7-21(16-37-27)39-29(43)40-24-14-20(31(33,34)35)6-8-22(24)19-3-1-11-36-15-19/h1,3,5-11,13-17H,2,4,12H2,(H2,39,40,43). The van der Waals surface area contributed by atoms with E-state index < -0.39 is 23.6 Å². The molecule has 0 unspecified atom stereocenters. The third-order valence-corrected chi connectivity index (χ3v) is 7.86. The van der Waals surface area contributed by atoms with Crippen molar-refractivity contribution in [2.24, 2.45) is 0 Å². The first-order chi connectivity index (χ1) is 21.6. The van der Waals surface area contributed by atoms with E-state index in [1.54, 1.807) is 29.3 Å². The minimum Gasteiger partial charge on any atom is -0.436 e. The van der Waals surface area contributed by atoms with Gasteiger partial charge in [-0.15, -0.1) is 0 Å². The number of nitrogens with zero attached hydrogens (tertiary/aromatic N) is 4. The van der Waals surface area contributed by atoms with Gasteiger partial charge in [-0.05, 0) is 54.4 Å². The lowest BCUT2D eigenvalue weighted by Crippen LogP contribution is -2.23. The van der Waals surface area contributed by atoms with Crippen molar-refractivity contribution in [1.82, 2.24) is 15.0 Å². The van der Waals surface area contributed by atoms with E-state index in [1.807, 2.05) is 0 Å². The number of alkyl halides is 3. The summed E-state index contributed by atoms with van der Waals surface area (Å²) >= 11 is 1.30. The Morgan fingerprint density at radius 2 is 1.82 bits per heavy atom. The van der Waals surface area contributed by atoms with E-state index >= 15 is 0 Å². The number of hydrogen-bond donors (Lipinski definition) is 2. The molecular weight excluding hydrogens is 612 g/mol. The average Bonchev–Trinajstić information content (AvgIpc) is 3.68. The minimum atomic E-state index is -4.61. The van der Waals surface area contributed by atoms with Gasteiger partial charge in [0, 0.05) is 48.7 Å². The van der Waals surface area contributed by atoms with Gasteiger partial charge in [0.25, 0.3) is 0 Å². The van der Waals surface area contributed by atoms with Gasteiger partial charge in [0.05, 0.1) is 28.0 Å². The van der Waals surface area contributed by atoms with Gasteiger partial charge >= 0.3 is 12.2 Å². The van der Waals surface area contributed by atoms with Crippen molar-refractivity contribution in [2.75, 3.05) is 22.1 Å². The summed E-state index contributed by atoms with van der Waals surface area (Å²) in [5.74, 6) is -0.673. The number of nitrogens with one attached hydrogen (secondary N) is 2. The summed E-state index contributed by atoms with van der Waals surface area (Å²) in [5, 5.41) is 5.55. The first-order valence-corrected chi connectivity index (χ1v) is 14.4. The van der Waals surface area contributed by atoms with Gasteiger partial charge in [0.15, 0.2) is 16.7 Å². The number of rotatable bonds is 7. The predicted molar refractivity (Wildman–Crippen MR) is 161 cm³/mol. The lowest BCUT2D eigenvalue weighted by Gasteiger charge is -2.15. The number of aromatic nitrogens is 3. The van der Waals surface area contributed by atoms with Crippen LogP contribution in [0.5, 0.6) is 11.6 Å². The fraction of sp³-hybridized carbons (Fsp3) is 0.129. The molecule has 1 saturated heterocycles. The smallest absolute Gasteiger partial charge is 0.416 e. The number of urea groups is 1. The average molecular weight is 635 g/mol. The first kappa shape index (κ1) is 29.7. The summed E-state index contributed by atoms with van der Waals surface area (Å²) in [5.41, 5.74) is 0.647. The molecule has 0 spiro atoms. The summed E-state index contributed by atoms with van der Waals surface area (Å²) in [6.45, 7) is 0.613. The Balaban J connectivity index is 1.11. The van der Waals surface area contributed by atoms with Gasteiger partial charge in [-0.1, -0.05) is 23.5 Å². The van der Waals surface area contributed by atoms with Gasteiger partial charge in [0.1, 0.15) is 0 Å². The summed E-state index contributed by atoms with van der Waals surface area (Å²) in [4.78, 5) is 39.4. The molecule has 0 radical (unpaired) electrons. The van der Waals surface area contributed by atoms with E-state index in [1.165, 1.54) is 60.3 Å². The molecule has 4 heterocycles. The zero-order valence-electron chi connectivity index (χ0n) is 23.1. The minimum absolute atomic E-state index is 0.0193. The number of ether oxygens (including phenoxy) is 1. The maximum atomic E-state index is 14.9. The Morgan fingerprint density at radius 1 is 0.956 bits per heavy atom. The van der Waals surface area contributed by atoms with Crippen molar-refractivity contribution in [2.45, 2.75) is 19.0 Å². The number of carbonyl (C=O) groups is 2. The van der Waals surface area contributed by atoms with Crippen molar-refractivity contribution in [3.05, 3.63) is 96.8 Å². The Morgan fingerprint density at radius 3 is 2.51 bits per heavy atom. The van der Waals surface area contributed by atoms with Crippen LogP contribution < -0.4 is 20.3 Å². The topological polar surface area (TPSA) is 109 Å². The molecule has 2 aromatic carbocycles. The molecule has 0 atom stereocenters. The lowest BCUT2D eigenvalue weighted by atomic mass is 10.0. The highest BCUT2D eigenvalue weighted by atomic mass is 32.1. The molecule has 3 aromatic heterocycles. The van der Waals surface area contributed by atoms with E-state index in [2.05, 4.69) is 25.6 Å². The molecule has 5 aromatic rings. The van der Waals surface area contributed by atoms with Crippen molar-refractivity contribution in [1.29, 1.82) is 0 Å². The Bertz CT molecular complexity index is 1870. The molecule has 6 rings (SSSR count). The molecule has 228 valence electrons. The molecule has 45 heavy (non-hydrogen) atoms. The van der Waals surface area contributed by atoms with Crippen LogP contribution in [-0.2, 0) is 11.0 Å². The summed E-state index contributed by atoms with van der Waals surface area (Å²) in [6.07, 6.45) is 2.50. The number of pyridine rings is 2. The van der Waals surface area contributed by atoms with Crippen LogP contribution in [-0.4, -0.2) is 33.4 Å². The Kier molecular flexibility index (Phi) is 8.13.